The third-order valence-electron chi connectivity index (χ3n) is 3.09. The summed E-state index contributed by atoms with van der Waals surface area (Å²) < 4.78 is 2.99. The summed E-state index contributed by atoms with van der Waals surface area (Å²) in [6.07, 6.45) is 4.19. The van der Waals surface area contributed by atoms with Gasteiger partial charge in [0.1, 0.15) is 12.2 Å². The van der Waals surface area contributed by atoms with Crippen molar-refractivity contribution < 1.29 is 0 Å². The molecule has 0 aliphatic heterocycles. The van der Waals surface area contributed by atoms with Gasteiger partial charge in [0, 0.05) is 23.6 Å². The lowest BCUT2D eigenvalue weighted by Gasteiger charge is -2.17. The summed E-state index contributed by atoms with van der Waals surface area (Å²) in [6.45, 7) is 5.24. The van der Waals surface area contributed by atoms with Crippen LogP contribution in [-0.4, -0.2) is 26.8 Å². The molecule has 0 fully saturated rings. The summed E-state index contributed by atoms with van der Waals surface area (Å²) in [7, 11) is 1.94. The molecule has 0 spiro atoms. The van der Waals surface area contributed by atoms with Gasteiger partial charge in [-0.3, -0.25) is 4.98 Å². The topological polar surface area (TPSA) is 55.6 Å². The Morgan fingerprint density at radius 1 is 1.35 bits per heavy atom. The van der Waals surface area contributed by atoms with Gasteiger partial charge in [-0.1, -0.05) is 13.8 Å². The van der Waals surface area contributed by atoms with E-state index in [2.05, 4.69) is 50.2 Å². The Morgan fingerprint density at radius 2 is 2.15 bits per heavy atom. The van der Waals surface area contributed by atoms with Gasteiger partial charge in [0.15, 0.2) is 0 Å². The number of likely N-dealkylation sites (N-methyl/N-ethyl adjacent to an activating group) is 1. The largest absolute Gasteiger partial charge is 0.311 e. The lowest BCUT2D eigenvalue weighted by atomic mass is 10.1. The van der Waals surface area contributed by atoms with E-state index in [0.717, 1.165) is 29.0 Å². The molecule has 1 atom stereocenters. The smallest absolute Gasteiger partial charge is 0.138 e. The number of aromatic nitrogens is 4. The molecule has 0 aromatic carbocycles. The Labute approximate surface area is 128 Å². The Balaban J connectivity index is 2.19. The number of hydrogen-bond donors (Lipinski definition) is 1. The highest BCUT2D eigenvalue weighted by Gasteiger charge is 2.18. The molecule has 0 saturated heterocycles. The molecule has 0 amide bonds. The van der Waals surface area contributed by atoms with Crippen molar-refractivity contribution in [3.63, 3.8) is 0 Å². The minimum Gasteiger partial charge on any atom is -0.311 e. The molecule has 2 aromatic heterocycles. The Bertz CT molecular complexity index is 552. The van der Waals surface area contributed by atoms with Crippen LogP contribution in [0.15, 0.2) is 29.1 Å². The molecule has 1 unspecified atom stereocenters. The second-order valence-electron chi connectivity index (χ2n) is 5.17. The molecule has 0 radical (unpaired) electrons. The highest BCUT2D eigenvalue weighted by atomic mass is 79.9. The average Bonchev–Trinajstić information content (AvgIpc) is 2.83. The van der Waals surface area contributed by atoms with Crippen molar-refractivity contribution in [2.45, 2.75) is 32.9 Å². The van der Waals surface area contributed by atoms with Crippen molar-refractivity contribution in [2.75, 3.05) is 7.05 Å². The molecular formula is C14H20BrN5. The zero-order valence-corrected chi connectivity index (χ0v) is 13.6. The summed E-state index contributed by atoms with van der Waals surface area (Å²) in [5.74, 6) is 1.53. The predicted molar refractivity (Wildman–Crippen MR) is 82.3 cm³/mol. The van der Waals surface area contributed by atoms with Crippen LogP contribution in [0, 0.1) is 5.92 Å². The molecule has 0 aliphatic rings. The van der Waals surface area contributed by atoms with Crippen molar-refractivity contribution >= 4 is 15.9 Å². The highest BCUT2D eigenvalue weighted by Crippen LogP contribution is 2.23. The van der Waals surface area contributed by atoms with E-state index in [9.17, 15) is 0 Å². The minimum absolute atomic E-state index is 0.112. The van der Waals surface area contributed by atoms with Crippen LogP contribution in [0.25, 0.3) is 0 Å². The molecule has 2 heterocycles. The van der Waals surface area contributed by atoms with Gasteiger partial charge in [-0.15, -0.1) is 0 Å². The highest BCUT2D eigenvalue weighted by molar-refractivity contribution is 9.10. The Kier molecular flexibility index (Phi) is 5.25. The molecular weight excluding hydrogens is 318 g/mol. The van der Waals surface area contributed by atoms with Crippen molar-refractivity contribution in [1.29, 1.82) is 0 Å². The summed E-state index contributed by atoms with van der Waals surface area (Å²) in [5, 5.41) is 7.61. The second-order valence-corrected chi connectivity index (χ2v) is 6.02. The van der Waals surface area contributed by atoms with E-state index in [0.29, 0.717) is 5.92 Å². The third-order valence-corrected chi connectivity index (χ3v) is 3.76. The summed E-state index contributed by atoms with van der Waals surface area (Å²) >= 11 is 3.56. The first-order valence-corrected chi connectivity index (χ1v) is 7.55. The molecule has 0 saturated carbocycles. The number of nitrogens with one attached hydrogen (secondary N) is 1. The fraction of sp³-hybridized carbons (Fsp3) is 0.500. The van der Waals surface area contributed by atoms with Crippen LogP contribution in [0.1, 0.15) is 31.4 Å². The Morgan fingerprint density at radius 3 is 2.80 bits per heavy atom. The van der Waals surface area contributed by atoms with Crippen molar-refractivity contribution in [2.24, 2.45) is 5.92 Å². The minimum atomic E-state index is 0.112. The monoisotopic (exact) mass is 337 g/mol. The van der Waals surface area contributed by atoms with Crippen LogP contribution in [0.2, 0.25) is 0 Å². The van der Waals surface area contributed by atoms with E-state index in [1.165, 1.54) is 0 Å². The van der Waals surface area contributed by atoms with E-state index < -0.39 is 0 Å². The van der Waals surface area contributed by atoms with Gasteiger partial charge in [-0.25, -0.2) is 9.67 Å². The number of halogens is 1. The third kappa shape index (κ3) is 3.64. The van der Waals surface area contributed by atoms with Gasteiger partial charge in [0.2, 0.25) is 0 Å². The van der Waals surface area contributed by atoms with Crippen LogP contribution in [-0.2, 0) is 13.0 Å². The summed E-state index contributed by atoms with van der Waals surface area (Å²) in [5.41, 5.74) is 0.995. The first-order chi connectivity index (χ1) is 9.61. The van der Waals surface area contributed by atoms with E-state index in [4.69, 9.17) is 0 Å². The predicted octanol–water partition coefficient (Wildman–Crippen LogP) is 2.59. The van der Waals surface area contributed by atoms with Crippen molar-refractivity contribution in [3.8, 4) is 0 Å². The number of rotatable bonds is 6. The van der Waals surface area contributed by atoms with Gasteiger partial charge in [0.25, 0.3) is 0 Å². The molecule has 2 aromatic rings. The quantitative estimate of drug-likeness (QED) is 0.880. The van der Waals surface area contributed by atoms with Crippen molar-refractivity contribution in [1.82, 2.24) is 25.1 Å². The maximum Gasteiger partial charge on any atom is 0.138 e. The van der Waals surface area contributed by atoms with Crippen LogP contribution >= 0.6 is 15.9 Å². The molecule has 1 N–H and O–H groups in total. The van der Waals surface area contributed by atoms with Crippen LogP contribution in [0.3, 0.4) is 0 Å². The van der Waals surface area contributed by atoms with Crippen LogP contribution in [0.5, 0.6) is 0 Å². The lowest BCUT2D eigenvalue weighted by Crippen LogP contribution is -2.23. The molecule has 0 bridgehead atoms. The molecule has 5 nitrogen and oxygen atoms in total. The molecule has 20 heavy (non-hydrogen) atoms. The standard InChI is InChI=1S/C14H20BrN5/c1-10(2)8-20-13(18-9-19-20)7-12(16-3)14-11(15)5-4-6-17-14/h4-6,9-10,12,16H,7-8H2,1-3H3. The average molecular weight is 338 g/mol. The van der Waals surface area contributed by atoms with Gasteiger partial charge in [-0.2, -0.15) is 5.10 Å². The zero-order valence-electron chi connectivity index (χ0n) is 12.0. The maximum absolute atomic E-state index is 4.45. The summed E-state index contributed by atoms with van der Waals surface area (Å²) in [6, 6.07) is 4.04. The fourth-order valence-electron chi connectivity index (χ4n) is 2.12. The second kappa shape index (κ2) is 6.95. The molecule has 6 heteroatoms. The molecule has 2 rings (SSSR count). The maximum atomic E-state index is 4.45. The SMILES string of the molecule is CNC(Cc1ncnn1CC(C)C)c1ncccc1Br. The van der Waals surface area contributed by atoms with Crippen LogP contribution < -0.4 is 5.32 Å². The Hall–Kier alpha value is -1.27. The molecule has 108 valence electrons. The molecule has 0 aliphatic carbocycles. The number of hydrogen-bond acceptors (Lipinski definition) is 4. The van der Waals surface area contributed by atoms with Crippen molar-refractivity contribution in [3.05, 3.63) is 40.6 Å². The normalized spacial score (nSPS) is 12.8. The lowest BCUT2D eigenvalue weighted by molar-refractivity contribution is 0.449. The van der Waals surface area contributed by atoms with Gasteiger partial charge in [-0.05, 0) is 41.0 Å². The number of nitrogens with zero attached hydrogens (tertiary/aromatic N) is 4. The van der Waals surface area contributed by atoms with Gasteiger partial charge >= 0.3 is 0 Å². The first-order valence-electron chi connectivity index (χ1n) is 6.76. The van der Waals surface area contributed by atoms with E-state index in [1.807, 2.05) is 30.1 Å². The van der Waals surface area contributed by atoms with E-state index in [1.54, 1.807) is 6.33 Å². The van der Waals surface area contributed by atoms with Gasteiger partial charge < -0.3 is 5.32 Å². The van der Waals surface area contributed by atoms with Gasteiger partial charge in [0.05, 0.1) is 11.7 Å². The van der Waals surface area contributed by atoms with Crippen LogP contribution in [0.4, 0.5) is 0 Å². The van der Waals surface area contributed by atoms with E-state index >= 15 is 0 Å². The fourth-order valence-corrected chi connectivity index (χ4v) is 2.65. The zero-order chi connectivity index (χ0) is 14.5. The van der Waals surface area contributed by atoms with E-state index in [-0.39, 0.29) is 6.04 Å². The number of pyridine rings is 1. The first kappa shape index (κ1) is 15.1. The summed E-state index contributed by atoms with van der Waals surface area (Å²) in [4.78, 5) is 8.83.